The molecule has 3 nitrogen and oxygen atoms in total. The van der Waals surface area contributed by atoms with E-state index in [2.05, 4.69) is 94.1 Å². The molecule has 0 unspecified atom stereocenters. The highest BCUT2D eigenvalue weighted by Gasteiger charge is 2.15. The molecule has 0 bridgehead atoms. The van der Waals surface area contributed by atoms with Crippen molar-refractivity contribution in [1.82, 2.24) is 9.38 Å². The molecule has 2 heterocycles. The fourth-order valence-corrected chi connectivity index (χ4v) is 4.02. The minimum absolute atomic E-state index is 0.779. The molecule has 0 aliphatic carbocycles. The molecular formula is C26H27BrN2O. The largest absolute Gasteiger partial charge is 0.494 e. The van der Waals surface area contributed by atoms with E-state index in [-0.39, 0.29) is 0 Å². The van der Waals surface area contributed by atoms with E-state index in [9.17, 15) is 0 Å². The maximum Gasteiger partial charge on any atom is 0.137 e. The van der Waals surface area contributed by atoms with Crippen LogP contribution in [0.5, 0.6) is 5.75 Å². The number of rotatable bonds is 9. The van der Waals surface area contributed by atoms with Gasteiger partial charge in [0, 0.05) is 22.7 Å². The molecular weight excluding hydrogens is 436 g/mol. The summed E-state index contributed by atoms with van der Waals surface area (Å²) in [7, 11) is 0. The third kappa shape index (κ3) is 4.93. The summed E-state index contributed by atoms with van der Waals surface area (Å²) in [6, 6.07) is 23.0. The number of aromatic nitrogens is 2. The molecule has 2 aromatic heterocycles. The standard InChI is InChI=1S/C26H27BrN2O/c1-2-3-4-8-17-30-23-14-11-21(12-15-23)26-24(18-20-9-6-5-7-10-20)29-19-22(27)13-16-25(29)28-26/h5-7,9-16,19H,2-4,8,17-18H2,1H3. The van der Waals surface area contributed by atoms with Gasteiger partial charge in [0.1, 0.15) is 11.4 Å². The topological polar surface area (TPSA) is 26.5 Å². The van der Waals surface area contributed by atoms with Gasteiger partial charge in [-0.25, -0.2) is 4.98 Å². The average Bonchev–Trinajstić information content (AvgIpc) is 3.12. The van der Waals surface area contributed by atoms with Crippen LogP contribution in [0.4, 0.5) is 0 Å². The van der Waals surface area contributed by atoms with Crippen LogP contribution in [-0.2, 0) is 6.42 Å². The minimum atomic E-state index is 0.779. The fourth-order valence-electron chi connectivity index (χ4n) is 3.68. The Balaban J connectivity index is 1.61. The molecule has 0 spiro atoms. The first kappa shape index (κ1) is 20.7. The van der Waals surface area contributed by atoms with Gasteiger partial charge < -0.3 is 9.14 Å². The predicted octanol–water partition coefficient (Wildman–Crippen LogP) is 7.31. The molecule has 0 radical (unpaired) electrons. The maximum atomic E-state index is 5.91. The fraction of sp³-hybridized carbons (Fsp3) is 0.269. The molecule has 0 N–H and O–H groups in total. The molecule has 0 fully saturated rings. The van der Waals surface area contributed by atoms with Crippen molar-refractivity contribution < 1.29 is 4.74 Å². The maximum absolute atomic E-state index is 5.91. The molecule has 154 valence electrons. The van der Waals surface area contributed by atoms with Gasteiger partial charge in [0.15, 0.2) is 0 Å². The zero-order valence-corrected chi connectivity index (χ0v) is 18.9. The predicted molar refractivity (Wildman–Crippen MR) is 127 cm³/mol. The number of fused-ring (bicyclic) bond motifs is 1. The van der Waals surface area contributed by atoms with E-state index >= 15 is 0 Å². The minimum Gasteiger partial charge on any atom is -0.494 e. The van der Waals surface area contributed by atoms with Crippen LogP contribution in [0.25, 0.3) is 16.9 Å². The van der Waals surface area contributed by atoms with Crippen molar-refractivity contribution in [2.24, 2.45) is 0 Å². The molecule has 30 heavy (non-hydrogen) atoms. The van der Waals surface area contributed by atoms with Gasteiger partial charge in [-0.1, -0.05) is 56.5 Å². The van der Waals surface area contributed by atoms with Crippen molar-refractivity contribution in [1.29, 1.82) is 0 Å². The van der Waals surface area contributed by atoms with Gasteiger partial charge in [0.05, 0.1) is 18.0 Å². The molecule has 2 aromatic carbocycles. The summed E-state index contributed by atoms with van der Waals surface area (Å²) < 4.78 is 9.14. The van der Waals surface area contributed by atoms with E-state index in [0.29, 0.717) is 0 Å². The molecule has 0 aliphatic heterocycles. The zero-order chi connectivity index (χ0) is 20.8. The third-order valence-corrected chi connectivity index (χ3v) is 5.76. The van der Waals surface area contributed by atoms with Gasteiger partial charge in [-0.15, -0.1) is 0 Å². The number of ether oxygens (including phenoxy) is 1. The second-order valence-corrected chi connectivity index (χ2v) is 8.49. The van der Waals surface area contributed by atoms with E-state index in [1.165, 1.54) is 30.5 Å². The number of benzene rings is 2. The summed E-state index contributed by atoms with van der Waals surface area (Å²) >= 11 is 3.60. The van der Waals surface area contributed by atoms with Crippen LogP contribution < -0.4 is 4.74 Å². The first-order chi connectivity index (χ1) is 14.7. The van der Waals surface area contributed by atoms with Crippen LogP contribution in [0, 0.1) is 0 Å². The number of halogens is 1. The van der Waals surface area contributed by atoms with Crippen molar-refractivity contribution in [3.8, 4) is 17.0 Å². The third-order valence-electron chi connectivity index (χ3n) is 5.29. The van der Waals surface area contributed by atoms with Gasteiger partial charge in [0.25, 0.3) is 0 Å². The van der Waals surface area contributed by atoms with Crippen molar-refractivity contribution in [2.45, 2.75) is 39.0 Å². The Hall–Kier alpha value is -2.59. The number of imidazole rings is 1. The van der Waals surface area contributed by atoms with Gasteiger partial charge >= 0.3 is 0 Å². The first-order valence-electron chi connectivity index (χ1n) is 10.7. The normalized spacial score (nSPS) is 11.1. The molecule has 0 saturated heterocycles. The summed E-state index contributed by atoms with van der Waals surface area (Å²) in [6.45, 7) is 3.00. The molecule has 0 saturated carbocycles. The summed E-state index contributed by atoms with van der Waals surface area (Å²) in [5.41, 5.74) is 5.54. The highest BCUT2D eigenvalue weighted by atomic mass is 79.9. The van der Waals surface area contributed by atoms with Crippen LogP contribution >= 0.6 is 15.9 Å². The number of nitrogens with zero attached hydrogens (tertiary/aromatic N) is 2. The average molecular weight is 463 g/mol. The molecule has 4 aromatic rings. The Morgan fingerprint density at radius 2 is 1.70 bits per heavy atom. The number of unbranched alkanes of at least 4 members (excludes halogenated alkanes) is 3. The highest BCUT2D eigenvalue weighted by Crippen LogP contribution is 2.29. The second-order valence-electron chi connectivity index (χ2n) is 7.58. The van der Waals surface area contributed by atoms with Crippen molar-refractivity contribution in [2.75, 3.05) is 6.61 Å². The molecule has 4 heteroatoms. The van der Waals surface area contributed by atoms with Gasteiger partial charge in [-0.3, -0.25) is 0 Å². The Morgan fingerprint density at radius 1 is 0.900 bits per heavy atom. The van der Waals surface area contributed by atoms with Crippen molar-refractivity contribution >= 4 is 21.6 Å². The van der Waals surface area contributed by atoms with E-state index in [0.717, 1.165) is 46.6 Å². The first-order valence-corrected chi connectivity index (χ1v) is 11.5. The van der Waals surface area contributed by atoms with Crippen LogP contribution in [-0.4, -0.2) is 16.0 Å². The lowest BCUT2D eigenvalue weighted by molar-refractivity contribution is 0.305. The van der Waals surface area contributed by atoms with E-state index in [1.807, 2.05) is 6.07 Å². The van der Waals surface area contributed by atoms with Crippen LogP contribution in [0.15, 0.2) is 77.4 Å². The Bertz CT molecular complexity index is 1090. The lowest BCUT2D eigenvalue weighted by Crippen LogP contribution is -1.98. The van der Waals surface area contributed by atoms with E-state index in [4.69, 9.17) is 9.72 Å². The number of pyridine rings is 1. The van der Waals surface area contributed by atoms with E-state index < -0.39 is 0 Å². The molecule has 4 rings (SSSR count). The number of hydrogen-bond acceptors (Lipinski definition) is 2. The Labute approximate surface area is 186 Å². The van der Waals surface area contributed by atoms with Gasteiger partial charge in [-0.2, -0.15) is 0 Å². The smallest absolute Gasteiger partial charge is 0.137 e. The Kier molecular flexibility index (Phi) is 6.85. The summed E-state index contributed by atoms with van der Waals surface area (Å²) in [5.74, 6) is 0.923. The van der Waals surface area contributed by atoms with E-state index in [1.54, 1.807) is 0 Å². The van der Waals surface area contributed by atoms with Crippen molar-refractivity contribution in [3.05, 3.63) is 88.7 Å². The van der Waals surface area contributed by atoms with Crippen LogP contribution in [0.2, 0.25) is 0 Å². The quantitative estimate of drug-likeness (QED) is 0.243. The van der Waals surface area contributed by atoms with Crippen LogP contribution in [0.3, 0.4) is 0 Å². The number of hydrogen-bond donors (Lipinski definition) is 0. The molecule has 0 aliphatic rings. The molecule has 0 atom stereocenters. The highest BCUT2D eigenvalue weighted by molar-refractivity contribution is 9.10. The Morgan fingerprint density at radius 3 is 2.47 bits per heavy atom. The lowest BCUT2D eigenvalue weighted by Gasteiger charge is -2.08. The SMILES string of the molecule is CCCCCCOc1ccc(-c2nc3ccc(Br)cn3c2Cc2ccccc2)cc1. The van der Waals surface area contributed by atoms with Crippen molar-refractivity contribution in [3.63, 3.8) is 0 Å². The molecule has 0 amide bonds. The van der Waals surface area contributed by atoms with Gasteiger partial charge in [0.2, 0.25) is 0 Å². The van der Waals surface area contributed by atoms with Gasteiger partial charge in [-0.05, 0) is 64.3 Å². The lowest BCUT2D eigenvalue weighted by atomic mass is 10.0. The monoisotopic (exact) mass is 462 g/mol. The summed E-state index contributed by atoms with van der Waals surface area (Å²) in [5, 5.41) is 0. The summed E-state index contributed by atoms with van der Waals surface area (Å²) in [6.07, 6.45) is 7.78. The van der Waals surface area contributed by atoms with Crippen LogP contribution in [0.1, 0.15) is 43.9 Å². The second kappa shape index (κ2) is 9.94. The zero-order valence-electron chi connectivity index (χ0n) is 17.4. The summed E-state index contributed by atoms with van der Waals surface area (Å²) in [4.78, 5) is 4.95.